The van der Waals surface area contributed by atoms with Crippen LogP contribution in [0, 0.1) is 20.8 Å². The highest BCUT2D eigenvalue weighted by atomic mass is 16.1. The van der Waals surface area contributed by atoms with Crippen LogP contribution < -0.4 is 0 Å². The Morgan fingerprint density at radius 1 is 1.18 bits per heavy atom. The highest BCUT2D eigenvalue weighted by Crippen LogP contribution is 2.17. The topological polar surface area (TPSA) is 20.3 Å². The van der Waals surface area contributed by atoms with Gasteiger partial charge in [-0.25, -0.2) is 0 Å². The highest BCUT2D eigenvalue weighted by Gasteiger charge is 2.15. The van der Waals surface area contributed by atoms with Gasteiger partial charge in [-0.05, 0) is 52.8 Å². The zero-order chi connectivity index (χ0) is 13.2. The van der Waals surface area contributed by atoms with Gasteiger partial charge in [0.05, 0.1) is 6.54 Å². The lowest BCUT2D eigenvalue weighted by Crippen LogP contribution is -2.32. The minimum Gasteiger partial charge on any atom is -0.296 e. The van der Waals surface area contributed by atoms with Crippen LogP contribution in [0.3, 0.4) is 0 Å². The van der Waals surface area contributed by atoms with Crippen LogP contribution in [0.5, 0.6) is 0 Å². The van der Waals surface area contributed by atoms with Gasteiger partial charge < -0.3 is 0 Å². The van der Waals surface area contributed by atoms with Crippen molar-refractivity contribution < 1.29 is 4.79 Å². The third-order valence-corrected chi connectivity index (χ3v) is 3.23. The summed E-state index contributed by atoms with van der Waals surface area (Å²) >= 11 is 0. The molecule has 1 rings (SSSR count). The van der Waals surface area contributed by atoms with Crippen molar-refractivity contribution in [3.63, 3.8) is 0 Å². The summed E-state index contributed by atoms with van der Waals surface area (Å²) in [6.07, 6.45) is 0. The van der Waals surface area contributed by atoms with Gasteiger partial charge in [0, 0.05) is 11.6 Å². The number of Topliss-reactive ketones (excluding diaryl/α,β-unsaturated/α-hetero) is 1. The van der Waals surface area contributed by atoms with Crippen LogP contribution in [-0.2, 0) is 0 Å². The average Bonchev–Trinajstić information content (AvgIpc) is 2.15. The number of aryl methyl sites for hydroxylation is 3. The Bertz CT molecular complexity index is 398. The average molecular weight is 233 g/mol. The molecule has 0 radical (unpaired) electrons. The molecule has 0 bridgehead atoms. The number of likely N-dealkylation sites (N-methyl/N-ethyl adjacent to an activating group) is 1. The molecule has 0 fully saturated rings. The van der Waals surface area contributed by atoms with Crippen LogP contribution in [0.2, 0.25) is 0 Å². The van der Waals surface area contributed by atoms with E-state index >= 15 is 0 Å². The molecule has 0 amide bonds. The first-order chi connectivity index (χ1) is 7.82. The van der Waals surface area contributed by atoms with Gasteiger partial charge in [-0.1, -0.05) is 17.7 Å². The molecule has 2 nitrogen and oxygen atoms in total. The smallest absolute Gasteiger partial charge is 0.177 e. The summed E-state index contributed by atoms with van der Waals surface area (Å²) in [4.78, 5) is 14.3. The fraction of sp³-hybridized carbons (Fsp3) is 0.533. The van der Waals surface area contributed by atoms with E-state index in [1.54, 1.807) is 0 Å². The van der Waals surface area contributed by atoms with Gasteiger partial charge in [-0.3, -0.25) is 9.69 Å². The number of carbonyl (C=O) groups is 1. The third-order valence-electron chi connectivity index (χ3n) is 3.23. The Kier molecular flexibility index (Phi) is 4.47. The second kappa shape index (κ2) is 5.46. The van der Waals surface area contributed by atoms with Crippen LogP contribution in [0.25, 0.3) is 0 Å². The fourth-order valence-corrected chi connectivity index (χ4v) is 2.11. The van der Waals surface area contributed by atoms with Crippen LogP contribution in [0.1, 0.15) is 40.9 Å². The zero-order valence-electron chi connectivity index (χ0n) is 11.8. The van der Waals surface area contributed by atoms with Gasteiger partial charge in [0.15, 0.2) is 5.78 Å². The van der Waals surface area contributed by atoms with Gasteiger partial charge in [-0.15, -0.1) is 0 Å². The summed E-state index contributed by atoms with van der Waals surface area (Å²) in [7, 11) is 1.99. The maximum atomic E-state index is 12.3. The van der Waals surface area contributed by atoms with Crippen molar-refractivity contribution in [2.45, 2.75) is 40.7 Å². The first-order valence-electron chi connectivity index (χ1n) is 6.14. The fourth-order valence-electron chi connectivity index (χ4n) is 2.11. The molecule has 0 spiro atoms. The molecule has 0 N–H and O–H groups in total. The Labute approximate surface area is 105 Å². The second-order valence-corrected chi connectivity index (χ2v) is 5.21. The van der Waals surface area contributed by atoms with E-state index in [9.17, 15) is 4.79 Å². The van der Waals surface area contributed by atoms with Crippen molar-refractivity contribution in [1.82, 2.24) is 4.90 Å². The molecular weight excluding hydrogens is 210 g/mol. The number of carbonyl (C=O) groups excluding carboxylic acids is 1. The number of ketones is 1. The lowest BCUT2D eigenvalue weighted by Gasteiger charge is -2.21. The number of rotatable bonds is 4. The first-order valence-corrected chi connectivity index (χ1v) is 6.14. The maximum Gasteiger partial charge on any atom is 0.177 e. The predicted molar refractivity (Wildman–Crippen MR) is 72.7 cm³/mol. The molecule has 0 aliphatic carbocycles. The standard InChI is InChI=1S/C15H23NO/c1-10(2)16(6)9-14(17)15-12(4)7-11(3)8-13(15)5/h7-8,10H,9H2,1-6H3. The van der Waals surface area contributed by atoms with E-state index in [2.05, 4.69) is 37.8 Å². The molecular formula is C15H23NO. The van der Waals surface area contributed by atoms with Crippen molar-refractivity contribution in [1.29, 1.82) is 0 Å². The number of benzene rings is 1. The molecule has 0 saturated carbocycles. The maximum absolute atomic E-state index is 12.3. The zero-order valence-corrected chi connectivity index (χ0v) is 11.8. The molecule has 1 aromatic rings. The normalized spacial score (nSPS) is 11.3. The number of hydrogen-bond donors (Lipinski definition) is 0. The molecule has 0 unspecified atom stereocenters. The van der Waals surface area contributed by atoms with Gasteiger partial charge in [0.1, 0.15) is 0 Å². The van der Waals surface area contributed by atoms with Crippen LogP contribution >= 0.6 is 0 Å². The van der Waals surface area contributed by atoms with Crippen molar-refractivity contribution in [3.8, 4) is 0 Å². The van der Waals surface area contributed by atoms with Gasteiger partial charge in [-0.2, -0.15) is 0 Å². The van der Waals surface area contributed by atoms with Crippen molar-refractivity contribution in [2.24, 2.45) is 0 Å². The number of nitrogens with zero attached hydrogens (tertiary/aromatic N) is 1. The summed E-state index contributed by atoms with van der Waals surface area (Å²) in [5.41, 5.74) is 4.28. The SMILES string of the molecule is Cc1cc(C)c(C(=O)CN(C)C(C)C)c(C)c1. The van der Waals surface area contributed by atoms with Crippen LogP contribution in [-0.4, -0.2) is 30.3 Å². The van der Waals surface area contributed by atoms with E-state index in [0.717, 1.165) is 16.7 Å². The Morgan fingerprint density at radius 3 is 2.06 bits per heavy atom. The lowest BCUT2D eigenvalue weighted by molar-refractivity contribution is 0.0928. The Balaban J connectivity index is 2.97. The van der Waals surface area contributed by atoms with E-state index in [0.29, 0.717) is 12.6 Å². The first kappa shape index (κ1) is 13.9. The Hall–Kier alpha value is -1.15. The quantitative estimate of drug-likeness (QED) is 0.745. The van der Waals surface area contributed by atoms with Crippen molar-refractivity contribution in [3.05, 3.63) is 34.4 Å². The molecule has 0 aliphatic rings. The monoisotopic (exact) mass is 233 g/mol. The minimum atomic E-state index is 0.219. The number of hydrogen-bond acceptors (Lipinski definition) is 2. The summed E-state index contributed by atoms with van der Waals surface area (Å²) in [6.45, 7) is 10.8. The van der Waals surface area contributed by atoms with Crippen molar-refractivity contribution in [2.75, 3.05) is 13.6 Å². The Morgan fingerprint density at radius 2 is 1.65 bits per heavy atom. The van der Waals surface area contributed by atoms with Gasteiger partial charge >= 0.3 is 0 Å². The van der Waals surface area contributed by atoms with E-state index in [-0.39, 0.29) is 5.78 Å². The van der Waals surface area contributed by atoms with E-state index in [1.807, 2.05) is 20.9 Å². The molecule has 0 atom stereocenters. The predicted octanol–water partition coefficient (Wildman–Crippen LogP) is 3.13. The molecule has 17 heavy (non-hydrogen) atoms. The lowest BCUT2D eigenvalue weighted by atomic mass is 9.96. The molecule has 1 aromatic carbocycles. The van der Waals surface area contributed by atoms with Gasteiger partial charge in [0.2, 0.25) is 0 Å². The molecule has 0 saturated heterocycles. The van der Waals surface area contributed by atoms with Crippen LogP contribution in [0.15, 0.2) is 12.1 Å². The minimum absolute atomic E-state index is 0.219. The largest absolute Gasteiger partial charge is 0.296 e. The van der Waals surface area contributed by atoms with Gasteiger partial charge in [0.25, 0.3) is 0 Å². The van der Waals surface area contributed by atoms with E-state index < -0.39 is 0 Å². The molecule has 0 heterocycles. The van der Waals surface area contributed by atoms with E-state index in [1.165, 1.54) is 5.56 Å². The van der Waals surface area contributed by atoms with E-state index in [4.69, 9.17) is 0 Å². The van der Waals surface area contributed by atoms with Crippen molar-refractivity contribution >= 4 is 5.78 Å². The third kappa shape index (κ3) is 3.40. The molecule has 0 aromatic heterocycles. The summed E-state index contributed by atoms with van der Waals surface area (Å²) in [5.74, 6) is 0.219. The molecule has 2 heteroatoms. The molecule has 94 valence electrons. The summed E-state index contributed by atoms with van der Waals surface area (Å²) in [5, 5.41) is 0. The summed E-state index contributed by atoms with van der Waals surface area (Å²) < 4.78 is 0. The summed E-state index contributed by atoms with van der Waals surface area (Å²) in [6, 6.07) is 4.55. The highest BCUT2D eigenvalue weighted by molar-refractivity contribution is 6.00. The molecule has 0 aliphatic heterocycles. The van der Waals surface area contributed by atoms with Crippen LogP contribution in [0.4, 0.5) is 0 Å². The second-order valence-electron chi connectivity index (χ2n) is 5.21.